The number of nitrogens with zero attached hydrogens (tertiary/aromatic N) is 2. The fourth-order valence-corrected chi connectivity index (χ4v) is 4.54. The van der Waals surface area contributed by atoms with Crippen LogP contribution in [0.1, 0.15) is 49.2 Å². The number of methoxy groups -OCH3 is 1. The molecule has 0 saturated carbocycles. The van der Waals surface area contributed by atoms with Crippen molar-refractivity contribution >= 4 is 23.2 Å². The first kappa shape index (κ1) is 22.6. The normalized spacial score (nSPS) is 17.4. The summed E-state index contributed by atoms with van der Waals surface area (Å²) in [6.45, 7) is 5.90. The summed E-state index contributed by atoms with van der Waals surface area (Å²) in [6, 6.07) is 24.6. The molecule has 1 aliphatic heterocycles. The zero-order valence-electron chi connectivity index (χ0n) is 19.6. The van der Waals surface area contributed by atoms with Crippen LogP contribution in [0.25, 0.3) is 0 Å². The van der Waals surface area contributed by atoms with Gasteiger partial charge in [-0.3, -0.25) is 9.59 Å². The quantitative estimate of drug-likeness (QED) is 0.497. The van der Waals surface area contributed by atoms with E-state index in [-0.39, 0.29) is 29.8 Å². The van der Waals surface area contributed by atoms with Crippen LogP contribution in [0, 0.1) is 5.92 Å². The molecule has 2 amide bonds. The van der Waals surface area contributed by atoms with Crippen molar-refractivity contribution in [3.05, 3.63) is 90.0 Å². The summed E-state index contributed by atoms with van der Waals surface area (Å²) >= 11 is 0. The lowest BCUT2D eigenvalue weighted by Gasteiger charge is -2.44. The van der Waals surface area contributed by atoms with Gasteiger partial charge in [-0.05, 0) is 61.4 Å². The second-order valence-electron chi connectivity index (χ2n) is 8.76. The number of anilines is 2. The highest BCUT2D eigenvalue weighted by Gasteiger charge is 2.39. The van der Waals surface area contributed by atoms with Crippen LogP contribution in [0.5, 0.6) is 5.75 Å². The second-order valence-corrected chi connectivity index (χ2v) is 8.76. The van der Waals surface area contributed by atoms with Crippen molar-refractivity contribution in [3.8, 4) is 5.75 Å². The fraction of sp³-hybridized carbons (Fsp3) is 0.286. The van der Waals surface area contributed by atoms with Gasteiger partial charge in [0.15, 0.2) is 0 Å². The largest absolute Gasteiger partial charge is 0.497 e. The Bertz CT molecular complexity index is 1130. The minimum absolute atomic E-state index is 0.0517. The van der Waals surface area contributed by atoms with Crippen molar-refractivity contribution in [2.45, 2.75) is 39.3 Å². The fourth-order valence-electron chi connectivity index (χ4n) is 4.54. The Morgan fingerprint density at radius 1 is 0.939 bits per heavy atom. The molecule has 0 aromatic heterocycles. The summed E-state index contributed by atoms with van der Waals surface area (Å²) in [4.78, 5) is 30.7. The van der Waals surface area contributed by atoms with Gasteiger partial charge in [-0.15, -0.1) is 0 Å². The molecule has 0 spiro atoms. The number of fused-ring (bicyclic) bond motifs is 1. The molecule has 0 fully saturated rings. The van der Waals surface area contributed by atoms with Gasteiger partial charge in [0, 0.05) is 28.9 Å². The molecule has 4 rings (SSSR count). The average molecular weight is 443 g/mol. The molecule has 5 heteroatoms. The smallest absolute Gasteiger partial charge is 0.258 e. The lowest BCUT2D eigenvalue weighted by atomic mass is 9.88. The molecule has 2 atom stereocenters. The van der Waals surface area contributed by atoms with Crippen LogP contribution in [-0.4, -0.2) is 25.0 Å². The van der Waals surface area contributed by atoms with Crippen molar-refractivity contribution in [1.29, 1.82) is 0 Å². The molecule has 0 bridgehead atoms. The maximum Gasteiger partial charge on any atom is 0.258 e. The van der Waals surface area contributed by atoms with Gasteiger partial charge in [0.2, 0.25) is 5.91 Å². The number of hydrogen-bond donors (Lipinski definition) is 0. The SMILES string of the molecule is COc1ccc(N(C(=O)c2ccccc2)[C@@H]2C[C@H](C)N(C(=O)C(C)C)c3ccccc32)cc1. The average Bonchev–Trinajstić information content (AvgIpc) is 2.84. The molecule has 0 saturated heterocycles. The number of ether oxygens (including phenoxy) is 1. The molecule has 0 N–H and O–H groups in total. The zero-order chi connectivity index (χ0) is 23.5. The van der Waals surface area contributed by atoms with Gasteiger partial charge in [-0.25, -0.2) is 0 Å². The maximum absolute atomic E-state index is 13.9. The van der Waals surface area contributed by atoms with Crippen LogP contribution in [-0.2, 0) is 4.79 Å². The molecule has 5 nitrogen and oxygen atoms in total. The molecular weight excluding hydrogens is 412 g/mol. The van der Waals surface area contributed by atoms with E-state index in [9.17, 15) is 9.59 Å². The van der Waals surface area contributed by atoms with E-state index in [0.717, 1.165) is 22.7 Å². The van der Waals surface area contributed by atoms with E-state index in [1.165, 1.54) is 0 Å². The highest BCUT2D eigenvalue weighted by Crippen LogP contribution is 2.43. The minimum Gasteiger partial charge on any atom is -0.497 e. The van der Waals surface area contributed by atoms with Crippen LogP contribution in [0.15, 0.2) is 78.9 Å². The Morgan fingerprint density at radius 2 is 1.58 bits per heavy atom. The van der Waals surface area contributed by atoms with Crippen molar-refractivity contribution in [1.82, 2.24) is 0 Å². The van der Waals surface area contributed by atoms with E-state index in [1.807, 2.05) is 103 Å². The summed E-state index contributed by atoms with van der Waals surface area (Å²) in [6.07, 6.45) is 0.639. The van der Waals surface area contributed by atoms with E-state index >= 15 is 0 Å². The lowest BCUT2D eigenvalue weighted by molar-refractivity contribution is -0.122. The Morgan fingerprint density at radius 3 is 2.21 bits per heavy atom. The monoisotopic (exact) mass is 442 g/mol. The summed E-state index contributed by atoms with van der Waals surface area (Å²) in [7, 11) is 1.63. The molecule has 0 radical (unpaired) electrons. The minimum atomic E-state index is -0.214. The van der Waals surface area contributed by atoms with Gasteiger partial charge < -0.3 is 14.5 Å². The van der Waals surface area contributed by atoms with Crippen LogP contribution >= 0.6 is 0 Å². The zero-order valence-corrected chi connectivity index (χ0v) is 19.6. The molecule has 170 valence electrons. The standard InChI is InChI=1S/C28H30N2O3/c1-19(2)27(31)29-20(3)18-26(24-12-8-9-13-25(24)29)30(22-14-16-23(33-4)17-15-22)28(32)21-10-6-5-7-11-21/h5-17,19-20,26H,18H2,1-4H3/t20-,26+/m0/s1. The van der Waals surface area contributed by atoms with Crippen molar-refractivity contribution < 1.29 is 14.3 Å². The highest BCUT2D eigenvalue weighted by atomic mass is 16.5. The highest BCUT2D eigenvalue weighted by molar-refractivity contribution is 6.07. The third kappa shape index (κ3) is 4.36. The number of carbonyl (C=O) groups is 2. The van der Waals surface area contributed by atoms with Crippen LogP contribution in [0.2, 0.25) is 0 Å². The lowest BCUT2D eigenvalue weighted by Crippen LogP contribution is -2.49. The molecule has 0 aliphatic carbocycles. The summed E-state index contributed by atoms with van der Waals surface area (Å²) in [5.41, 5.74) is 3.27. The van der Waals surface area contributed by atoms with Crippen molar-refractivity contribution in [2.24, 2.45) is 5.92 Å². The number of hydrogen-bond acceptors (Lipinski definition) is 3. The van der Waals surface area contributed by atoms with Gasteiger partial charge in [0.25, 0.3) is 5.91 Å². The second kappa shape index (κ2) is 9.49. The first-order valence-electron chi connectivity index (χ1n) is 11.4. The van der Waals surface area contributed by atoms with E-state index in [4.69, 9.17) is 4.74 Å². The number of rotatable bonds is 5. The van der Waals surface area contributed by atoms with Crippen LogP contribution in [0.4, 0.5) is 11.4 Å². The molecule has 1 aliphatic rings. The van der Waals surface area contributed by atoms with E-state index in [2.05, 4.69) is 6.92 Å². The van der Waals surface area contributed by atoms with Gasteiger partial charge in [0.1, 0.15) is 5.75 Å². The van der Waals surface area contributed by atoms with Crippen LogP contribution < -0.4 is 14.5 Å². The molecule has 1 heterocycles. The Kier molecular flexibility index (Phi) is 6.50. The topological polar surface area (TPSA) is 49.9 Å². The summed E-state index contributed by atoms with van der Waals surface area (Å²) in [5, 5.41) is 0. The van der Waals surface area contributed by atoms with Crippen molar-refractivity contribution in [3.63, 3.8) is 0 Å². The van der Waals surface area contributed by atoms with Gasteiger partial charge >= 0.3 is 0 Å². The molecule has 3 aromatic rings. The Hall–Kier alpha value is -3.60. The molecule has 0 unspecified atom stereocenters. The van der Waals surface area contributed by atoms with Crippen molar-refractivity contribution in [2.75, 3.05) is 16.9 Å². The van der Waals surface area contributed by atoms with E-state index in [1.54, 1.807) is 7.11 Å². The van der Waals surface area contributed by atoms with Gasteiger partial charge in [0.05, 0.1) is 13.2 Å². The predicted molar refractivity (Wildman–Crippen MR) is 132 cm³/mol. The number of para-hydroxylation sites is 1. The Labute approximate surface area is 195 Å². The number of amides is 2. The number of benzene rings is 3. The van der Waals surface area contributed by atoms with Gasteiger partial charge in [-0.1, -0.05) is 50.2 Å². The predicted octanol–water partition coefficient (Wildman–Crippen LogP) is 5.86. The summed E-state index contributed by atoms with van der Waals surface area (Å²) in [5.74, 6) is 0.646. The third-order valence-corrected chi connectivity index (χ3v) is 6.19. The number of carbonyl (C=O) groups excluding carboxylic acids is 2. The first-order valence-corrected chi connectivity index (χ1v) is 11.4. The summed E-state index contributed by atoms with van der Waals surface area (Å²) < 4.78 is 5.33. The Balaban J connectivity index is 1.84. The third-order valence-electron chi connectivity index (χ3n) is 6.19. The molecule has 3 aromatic carbocycles. The van der Waals surface area contributed by atoms with Crippen LogP contribution in [0.3, 0.4) is 0 Å². The molecular formula is C28H30N2O3. The first-order chi connectivity index (χ1) is 15.9. The molecule has 33 heavy (non-hydrogen) atoms. The van der Waals surface area contributed by atoms with Gasteiger partial charge in [-0.2, -0.15) is 0 Å². The van der Waals surface area contributed by atoms with E-state index in [0.29, 0.717) is 12.0 Å². The van der Waals surface area contributed by atoms with E-state index < -0.39 is 0 Å². The maximum atomic E-state index is 13.9.